The number of hydrogen-bond acceptors (Lipinski definition) is 6. The first-order chi connectivity index (χ1) is 8.13. The van der Waals surface area contributed by atoms with Crippen molar-refractivity contribution in [2.24, 2.45) is 10.3 Å². The zero-order valence-electron chi connectivity index (χ0n) is 10.6. The number of aromatic nitrogens is 1. The molecule has 0 aliphatic rings. The normalized spacial score (nSPS) is 12.9. The SMILES string of the molecule is CCC(=N/O)/C(C)=N\Nc1onc(CC)c1C. The summed E-state index contributed by atoms with van der Waals surface area (Å²) >= 11 is 0. The summed E-state index contributed by atoms with van der Waals surface area (Å²) in [5.41, 5.74) is 5.79. The third kappa shape index (κ3) is 3.05. The van der Waals surface area contributed by atoms with Crippen molar-refractivity contribution in [3.8, 4) is 0 Å². The molecule has 0 amide bonds. The van der Waals surface area contributed by atoms with Crippen LogP contribution in [0.1, 0.15) is 38.4 Å². The largest absolute Gasteiger partial charge is 0.411 e. The first kappa shape index (κ1) is 13.2. The van der Waals surface area contributed by atoms with Gasteiger partial charge in [0.2, 0.25) is 5.88 Å². The molecule has 0 bridgehead atoms. The molecule has 17 heavy (non-hydrogen) atoms. The predicted octanol–water partition coefficient (Wildman–Crippen LogP) is 2.57. The van der Waals surface area contributed by atoms with E-state index in [0.717, 1.165) is 17.7 Å². The van der Waals surface area contributed by atoms with Crippen LogP contribution in [0.15, 0.2) is 14.8 Å². The Labute approximate surface area is 100 Å². The molecule has 0 atom stereocenters. The molecule has 94 valence electrons. The van der Waals surface area contributed by atoms with Crippen molar-refractivity contribution < 1.29 is 9.73 Å². The van der Waals surface area contributed by atoms with Gasteiger partial charge in [0.15, 0.2) is 0 Å². The number of oxime groups is 1. The molecule has 1 heterocycles. The summed E-state index contributed by atoms with van der Waals surface area (Å²) in [6.45, 7) is 7.58. The van der Waals surface area contributed by atoms with E-state index in [9.17, 15) is 0 Å². The second-order valence-corrected chi connectivity index (χ2v) is 3.65. The minimum absolute atomic E-state index is 0.523. The Kier molecular flexibility index (Phi) is 4.68. The van der Waals surface area contributed by atoms with Crippen LogP contribution in [0.5, 0.6) is 0 Å². The van der Waals surface area contributed by atoms with Crippen molar-refractivity contribution >= 4 is 17.3 Å². The number of hydrogen-bond donors (Lipinski definition) is 2. The van der Waals surface area contributed by atoms with Crippen LogP contribution in [0.25, 0.3) is 0 Å². The van der Waals surface area contributed by atoms with E-state index in [2.05, 4.69) is 20.8 Å². The van der Waals surface area contributed by atoms with E-state index >= 15 is 0 Å². The van der Waals surface area contributed by atoms with Gasteiger partial charge in [0.1, 0.15) is 5.71 Å². The van der Waals surface area contributed by atoms with E-state index < -0.39 is 0 Å². The van der Waals surface area contributed by atoms with E-state index in [1.165, 1.54) is 0 Å². The third-order valence-electron chi connectivity index (χ3n) is 2.55. The van der Waals surface area contributed by atoms with Crippen LogP contribution in [0.3, 0.4) is 0 Å². The fourth-order valence-corrected chi connectivity index (χ4v) is 1.40. The predicted molar refractivity (Wildman–Crippen MR) is 66.9 cm³/mol. The summed E-state index contributed by atoms with van der Waals surface area (Å²) in [7, 11) is 0. The van der Waals surface area contributed by atoms with E-state index in [1.807, 2.05) is 20.8 Å². The van der Waals surface area contributed by atoms with Crippen LogP contribution in [-0.2, 0) is 6.42 Å². The Hall–Kier alpha value is -1.85. The first-order valence-electron chi connectivity index (χ1n) is 5.60. The highest BCUT2D eigenvalue weighted by Gasteiger charge is 2.09. The molecule has 1 rings (SSSR count). The van der Waals surface area contributed by atoms with Crippen LogP contribution >= 0.6 is 0 Å². The summed E-state index contributed by atoms with van der Waals surface area (Å²) in [5, 5.41) is 19.9. The van der Waals surface area contributed by atoms with Gasteiger partial charge in [0.05, 0.1) is 11.4 Å². The smallest absolute Gasteiger partial charge is 0.247 e. The second kappa shape index (κ2) is 6.03. The van der Waals surface area contributed by atoms with Crippen molar-refractivity contribution in [2.75, 3.05) is 5.43 Å². The Balaban J connectivity index is 2.79. The second-order valence-electron chi connectivity index (χ2n) is 3.65. The van der Waals surface area contributed by atoms with Crippen molar-refractivity contribution in [3.63, 3.8) is 0 Å². The van der Waals surface area contributed by atoms with Gasteiger partial charge < -0.3 is 9.73 Å². The maximum atomic E-state index is 8.73. The van der Waals surface area contributed by atoms with Crippen molar-refractivity contribution in [3.05, 3.63) is 11.3 Å². The van der Waals surface area contributed by atoms with Crippen LogP contribution < -0.4 is 5.43 Å². The Bertz CT molecular complexity index is 435. The van der Waals surface area contributed by atoms with Crippen LogP contribution in [0, 0.1) is 6.92 Å². The highest BCUT2D eigenvalue weighted by Crippen LogP contribution is 2.18. The number of nitrogens with zero attached hydrogens (tertiary/aromatic N) is 3. The van der Waals surface area contributed by atoms with Gasteiger partial charge in [-0.2, -0.15) is 5.10 Å². The standard InChI is InChI=1S/C11H18N4O2/c1-5-9-7(3)11(17-15-9)13-12-8(4)10(6-2)14-16/h13,16H,5-6H2,1-4H3/b12-8-,14-10-. The lowest BCUT2D eigenvalue weighted by Gasteiger charge is -2.01. The fraction of sp³-hybridized carbons (Fsp3) is 0.545. The monoisotopic (exact) mass is 238 g/mol. The molecule has 0 saturated heterocycles. The van der Waals surface area contributed by atoms with E-state index in [-0.39, 0.29) is 0 Å². The van der Waals surface area contributed by atoms with Crippen LogP contribution in [0.2, 0.25) is 0 Å². The fourth-order valence-electron chi connectivity index (χ4n) is 1.40. The van der Waals surface area contributed by atoms with Gasteiger partial charge >= 0.3 is 0 Å². The van der Waals surface area contributed by atoms with Crippen LogP contribution in [-0.4, -0.2) is 21.8 Å². The summed E-state index contributed by atoms with van der Waals surface area (Å²) in [6.07, 6.45) is 1.43. The highest BCUT2D eigenvalue weighted by molar-refractivity contribution is 6.41. The van der Waals surface area contributed by atoms with Gasteiger partial charge in [-0.05, 0) is 26.7 Å². The quantitative estimate of drug-likeness (QED) is 0.469. The highest BCUT2D eigenvalue weighted by atomic mass is 16.5. The molecule has 0 unspecified atom stereocenters. The number of rotatable bonds is 5. The van der Waals surface area contributed by atoms with Gasteiger partial charge in [-0.3, -0.25) is 0 Å². The lowest BCUT2D eigenvalue weighted by Crippen LogP contribution is -2.11. The average molecular weight is 238 g/mol. The third-order valence-corrected chi connectivity index (χ3v) is 2.55. The molecule has 0 aromatic carbocycles. The lowest BCUT2D eigenvalue weighted by molar-refractivity contribution is 0.319. The van der Waals surface area contributed by atoms with Gasteiger partial charge in [-0.25, -0.2) is 5.43 Å². The maximum Gasteiger partial charge on any atom is 0.247 e. The topological polar surface area (TPSA) is 83.0 Å². The Morgan fingerprint density at radius 2 is 2.18 bits per heavy atom. The molecular formula is C11H18N4O2. The summed E-state index contributed by atoms with van der Waals surface area (Å²) in [6, 6.07) is 0. The average Bonchev–Trinajstić information content (AvgIpc) is 2.69. The maximum absolute atomic E-state index is 8.73. The number of anilines is 1. The van der Waals surface area contributed by atoms with Gasteiger partial charge in [-0.1, -0.05) is 24.2 Å². The minimum Gasteiger partial charge on any atom is -0.411 e. The zero-order valence-corrected chi connectivity index (χ0v) is 10.6. The number of nitrogens with one attached hydrogen (secondary N) is 1. The molecule has 0 fully saturated rings. The van der Waals surface area contributed by atoms with Crippen molar-refractivity contribution in [2.45, 2.75) is 40.5 Å². The molecule has 6 heteroatoms. The number of aryl methyl sites for hydroxylation is 1. The van der Waals surface area contributed by atoms with E-state index in [1.54, 1.807) is 6.92 Å². The van der Waals surface area contributed by atoms with Gasteiger partial charge in [-0.15, -0.1) is 0 Å². The summed E-state index contributed by atoms with van der Waals surface area (Å²) < 4.78 is 5.11. The van der Waals surface area contributed by atoms with E-state index in [0.29, 0.717) is 23.7 Å². The Morgan fingerprint density at radius 1 is 1.47 bits per heavy atom. The van der Waals surface area contributed by atoms with E-state index in [4.69, 9.17) is 9.73 Å². The zero-order chi connectivity index (χ0) is 12.8. The molecule has 0 radical (unpaired) electrons. The molecule has 0 saturated carbocycles. The van der Waals surface area contributed by atoms with Gasteiger partial charge in [0, 0.05) is 5.56 Å². The Morgan fingerprint density at radius 3 is 2.65 bits per heavy atom. The first-order valence-corrected chi connectivity index (χ1v) is 5.60. The minimum atomic E-state index is 0.523. The van der Waals surface area contributed by atoms with Crippen LogP contribution in [0.4, 0.5) is 5.88 Å². The molecule has 0 spiro atoms. The molecule has 1 aromatic heterocycles. The molecule has 0 aliphatic heterocycles. The molecule has 2 N–H and O–H groups in total. The number of hydrazone groups is 1. The lowest BCUT2D eigenvalue weighted by atomic mass is 10.2. The van der Waals surface area contributed by atoms with Gasteiger partial charge in [0.25, 0.3) is 0 Å². The molecule has 6 nitrogen and oxygen atoms in total. The molecular weight excluding hydrogens is 220 g/mol. The molecule has 1 aromatic rings. The van der Waals surface area contributed by atoms with Crippen molar-refractivity contribution in [1.82, 2.24) is 5.16 Å². The summed E-state index contributed by atoms with van der Waals surface area (Å²) in [4.78, 5) is 0. The summed E-state index contributed by atoms with van der Waals surface area (Å²) in [5.74, 6) is 0.523. The van der Waals surface area contributed by atoms with Crippen molar-refractivity contribution in [1.29, 1.82) is 0 Å². The molecule has 0 aliphatic carbocycles.